The van der Waals surface area contributed by atoms with Crippen LogP contribution in [-0.2, 0) is 4.79 Å². The smallest absolute Gasteiger partial charge is 0.238 e. The third-order valence-electron chi connectivity index (χ3n) is 3.75. The molecule has 1 rings (SSSR count). The molecule has 1 saturated carbocycles. The van der Waals surface area contributed by atoms with Crippen molar-refractivity contribution in [2.45, 2.75) is 51.2 Å². The normalized spacial score (nSPS) is 23.9. The Morgan fingerprint density at radius 2 is 2.26 bits per heavy atom. The second kappa shape index (κ2) is 7.79. The van der Waals surface area contributed by atoms with Crippen LogP contribution in [0, 0.1) is 11.8 Å². The zero-order valence-corrected chi connectivity index (χ0v) is 11.7. The molecule has 0 aromatic carbocycles. The van der Waals surface area contributed by atoms with Gasteiger partial charge in [-0.15, -0.1) is 0 Å². The molecule has 6 nitrogen and oxygen atoms in total. The molecule has 0 spiro atoms. The summed E-state index contributed by atoms with van der Waals surface area (Å²) in [5.41, 5.74) is 2.20. The van der Waals surface area contributed by atoms with Crippen LogP contribution in [0.2, 0.25) is 0 Å². The predicted octanol–water partition coefficient (Wildman–Crippen LogP) is -0.147. The number of carbonyl (C=O) groups excluding carboxylic acids is 1. The fourth-order valence-corrected chi connectivity index (χ4v) is 2.80. The number of rotatable bonds is 7. The molecule has 1 amide bonds. The molecule has 0 radical (unpaired) electrons. The molecule has 0 aromatic heterocycles. The Kier molecular flexibility index (Phi) is 6.71. The lowest BCUT2D eigenvalue weighted by Crippen LogP contribution is -2.43. The second-order valence-corrected chi connectivity index (χ2v) is 5.59. The van der Waals surface area contributed by atoms with Crippen LogP contribution >= 0.6 is 0 Å². The van der Waals surface area contributed by atoms with Crippen LogP contribution in [0.25, 0.3) is 0 Å². The Morgan fingerprint density at radius 3 is 2.84 bits per heavy atom. The number of aliphatic hydroxyl groups is 2. The first kappa shape index (κ1) is 16.4. The number of hydrogen-bond donors (Lipinski definition) is 5. The molecule has 6 heteroatoms. The monoisotopic (exact) mass is 273 g/mol. The van der Waals surface area contributed by atoms with E-state index >= 15 is 0 Å². The van der Waals surface area contributed by atoms with Crippen LogP contribution in [0.1, 0.15) is 45.4 Å². The SMILES string of the molecule is CCCNC[C@H](C[C@H]1CCCC(O)(O)C1)C(=O)NN. The minimum atomic E-state index is -1.57. The van der Waals surface area contributed by atoms with Crippen molar-refractivity contribution in [3.8, 4) is 0 Å². The molecule has 112 valence electrons. The minimum Gasteiger partial charge on any atom is -0.366 e. The highest BCUT2D eigenvalue weighted by molar-refractivity contribution is 5.78. The van der Waals surface area contributed by atoms with Crippen molar-refractivity contribution in [2.75, 3.05) is 13.1 Å². The number of nitrogens with two attached hydrogens (primary N) is 1. The Morgan fingerprint density at radius 1 is 1.53 bits per heavy atom. The van der Waals surface area contributed by atoms with Gasteiger partial charge in [-0.3, -0.25) is 10.2 Å². The molecule has 19 heavy (non-hydrogen) atoms. The van der Waals surface area contributed by atoms with Gasteiger partial charge in [0.2, 0.25) is 5.91 Å². The van der Waals surface area contributed by atoms with Gasteiger partial charge in [0.1, 0.15) is 0 Å². The van der Waals surface area contributed by atoms with Gasteiger partial charge >= 0.3 is 0 Å². The van der Waals surface area contributed by atoms with Crippen LogP contribution < -0.4 is 16.6 Å². The summed E-state index contributed by atoms with van der Waals surface area (Å²) >= 11 is 0. The van der Waals surface area contributed by atoms with E-state index in [1.807, 2.05) is 0 Å². The summed E-state index contributed by atoms with van der Waals surface area (Å²) in [7, 11) is 0. The molecular formula is C13H27N3O3. The van der Waals surface area contributed by atoms with E-state index < -0.39 is 5.79 Å². The van der Waals surface area contributed by atoms with Crippen molar-refractivity contribution in [2.24, 2.45) is 17.7 Å². The Labute approximate surface area is 114 Å². The zero-order valence-electron chi connectivity index (χ0n) is 11.7. The van der Waals surface area contributed by atoms with Crippen LogP contribution in [0.15, 0.2) is 0 Å². The maximum absolute atomic E-state index is 11.7. The molecule has 0 aliphatic heterocycles. The molecule has 0 unspecified atom stereocenters. The van der Waals surface area contributed by atoms with Crippen LogP contribution in [0.5, 0.6) is 0 Å². The van der Waals surface area contributed by atoms with E-state index in [1.165, 1.54) is 0 Å². The standard InChI is InChI=1S/C13H27N3O3/c1-2-6-15-9-11(12(17)16-14)7-10-4-3-5-13(18,19)8-10/h10-11,15,18-19H,2-9,14H2,1H3,(H,16,17)/t10-,11+/m1/s1. The number of amides is 1. The van der Waals surface area contributed by atoms with E-state index in [4.69, 9.17) is 5.84 Å². The number of carbonyl (C=O) groups is 1. The van der Waals surface area contributed by atoms with E-state index in [9.17, 15) is 15.0 Å². The van der Waals surface area contributed by atoms with Crippen molar-refractivity contribution in [3.05, 3.63) is 0 Å². The van der Waals surface area contributed by atoms with Gasteiger partial charge in [0.05, 0.1) is 5.92 Å². The maximum atomic E-state index is 11.7. The van der Waals surface area contributed by atoms with Gasteiger partial charge in [0.25, 0.3) is 0 Å². The van der Waals surface area contributed by atoms with Gasteiger partial charge in [0.15, 0.2) is 5.79 Å². The van der Waals surface area contributed by atoms with Crippen LogP contribution in [0.3, 0.4) is 0 Å². The number of hydrogen-bond acceptors (Lipinski definition) is 5. The molecule has 0 bridgehead atoms. The first-order valence-corrected chi connectivity index (χ1v) is 7.14. The van der Waals surface area contributed by atoms with E-state index in [0.717, 1.165) is 25.8 Å². The van der Waals surface area contributed by atoms with Crippen molar-refractivity contribution in [1.29, 1.82) is 0 Å². The van der Waals surface area contributed by atoms with Crippen molar-refractivity contribution in [1.82, 2.24) is 10.7 Å². The van der Waals surface area contributed by atoms with E-state index in [2.05, 4.69) is 17.7 Å². The summed E-state index contributed by atoms with van der Waals surface area (Å²) in [5.74, 6) is 3.41. The molecule has 1 fully saturated rings. The van der Waals surface area contributed by atoms with Gasteiger partial charge in [-0.2, -0.15) is 0 Å². The van der Waals surface area contributed by atoms with Gasteiger partial charge in [-0.1, -0.05) is 13.3 Å². The van der Waals surface area contributed by atoms with Gasteiger partial charge in [-0.05, 0) is 31.7 Å². The quantitative estimate of drug-likeness (QED) is 0.146. The first-order chi connectivity index (χ1) is 8.98. The maximum Gasteiger partial charge on any atom is 0.238 e. The van der Waals surface area contributed by atoms with Gasteiger partial charge < -0.3 is 15.5 Å². The van der Waals surface area contributed by atoms with E-state index in [0.29, 0.717) is 25.8 Å². The van der Waals surface area contributed by atoms with Crippen molar-refractivity contribution in [3.63, 3.8) is 0 Å². The summed E-state index contributed by atoms with van der Waals surface area (Å²) in [5, 5.41) is 22.6. The first-order valence-electron chi connectivity index (χ1n) is 7.14. The fraction of sp³-hybridized carbons (Fsp3) is 0.923. The van der Waals surface area contributed by atoms with E-state index in [-0.39, 0.29) is 17.7 Å². The lowest BCUT2D eigenvalue weighted by atomic mass is 9.79. The molecule has 0 heterocycles. The minimum absolute atomic E-state index is 0.162. The largest absolute Gasteiger partial charge is 0.366 e. The van der Waals surface area contributed by atoms with Crippen LogP contribution in [0.4, 0.5) is 0 Å². The summed E-state index contributed by atoms with van der Waals surface area (Å²) in [6, 6.07) is 0. The number of hydrazine groups is 1. The fourth-order valence-electron chi connectivity index (χ4n) is 2.80. The Hall–Kier alpha value is -0.690. The highest BCUT2D eigenvalue weighted by Crippen LogP contribution is 2.34. The van der Waals surface area contributed by atoms with Crippen LogP contribution in [-0.4, -0.2) is 35.0 Å². The second-order valence-electron chi connectivity index (χ2n) is 5.59. The Balaban J connectivity index is 2.48. The highest BCUT2D eigenvalue weighted by Gasteiger charge is 2.34. The molecule has 0 saturated heterocycles. The third-order valence-corrected chi connectivity index (χ3v) is 3.75. The summed E-state index contributed by atoms with van der Waals surface area (Å²) in [6.45, 7) is 3.51. The lowest BCUT2D eigenvalue weighted by molar-refractivity contribution is -0.192. The topological polar surface area (TPSA) is 108 Å². The summed E-state index contributed by atoms with van der Waals surface area (Å²) in [4.78, 5) is 11.7. The lowest BCUT2D eigenvalue weighted by Gasteiger charge is -2.34. The summed E-state index contributed by atoms with van der Waals surface area (Å²) in [6.07, 6.45) is 4.14. The average molecular weight is 273 g/mol. The third kappa shape index (κ3) is 5.86. The van der Waals surface area contributed by atoms with E-state index in [1.54, 1.807) is 0 Å². The molecule has 0 aromatic rings. The Bertz CT molecular complexity index is 284. The molecule has 6 N–H and O–H groups in total. The van der Waals surface area contributed by atoms with Crippen molar-refractivity contribution >= 4 is 5.91 Å². The van der Waals surface area contributed by atoms with Gasteiger partial charge in [-0.25, -0.2) is 5.84 Å². The molecule has 1 aliphatic rings. The highest BCUT2D eigenvalue weighted by atomic mass is 16.5. The van der Waals surface area contributed by atoms with Crippen molar-refractivity contribution < 1.29 is 15.0 Å². The molecule has 2 atom stereocenters. The summed E-state index contributed by atoms with van der Waals surface area (Å²) < 4.78 is 0. The number of nitrogens with one attached hydrogen (secondary N) is 2. The average Bonchev–Trinajstić information content (AvgIpc) is 2.35. The molecular weight excluding hydrogens is 246 g/mol. The predicted molar refractivity (Wildman–Crippen MR) is 72.7 cm³/mol. The molecule has 1 aliphatic carbocycles. The van der Waals surface area contributed by atoms with Gasteiger partial charge in [0, 0.05) is 19.4 Å². The zero-order chi connectivity index (χ0) is 14.3.